The van der Waals surface area contributed by atoms with Crippen molar-refractivity contribution in [2.45, 2.75) is 25.9 Å². The Bertz CT molecular complexity index is 1020. The molecule has 0 spiro atoms. The number of ketones is 1. The molecule has 7 nitrogen and oxygen atoms in total. The van der Waals surface area contributed by atoms with Crippen molar-refractivity contribution in [2.75, 3.05) is 23.9 Å². The zero-order valence-corrected chi connectivity index (χ0v) is 19.5. The Labute approximate surface area is 201 Å². The summed E-state index contributed by atoms with van der Waals surface area (Å²) in [4.78, 5) is 51.4. The van der Waals surface area contributed by atoms with Gasteiger partial charge >= 0.3 is 11.9 Å². The molecule has 0 radical (unpaired) electrons. The number of Topliss-reactive ketones (excluding diaryl/α,β-unsaturated/α-hetero) is 1. The van der Waals surface area contributed by atoms with Gasteiger partial charge in [-0.25, -0.2) is 4.79 Å². The highest BCUT2D eigenvalue weighted by Gasteiger charge is 2.38. The van der Waals surface area contributed by atoms with Crippen LogP contribution in [0.4, 0.5) is 5.69 Å². The van der Waals surface area contributed by atoms with Crippen molar-refractivity contribution in [1.29, 1.82) is 0 Å². The van der Waals surface area contributed by atoms with Crippen molar-refractivity contribution in [1.82, 2.24) is 0 Å². The van der Waals surface area contributed by atoms with Crippen LogP contribution in [0.3, 0.4) is 0 Å². The average molecular weight is 492 g/mol. The minimum Gasteiger partial charge on any atom is -0.462 e. The van der Waals surface area contributed by atoms with E-state index in [2.05, 4.69) is 0 Å². The van der Waals surface area contributed by atoms with E-state index in [-0.39, 0.29) is 43.6 Å². The van der Waals surface area contributed by atoms with Crippen LogP contribution in [0.1, 0.15) is 40.5 Å². The highest BCUT2D eigenvalue weighted by molar-refractivity contribution is 6.30. The first-order chi connectivity index (χ1) is 15.8. The molecule has 2 atom stereocenters. The molecule has 0 N–H and O–H groups in total. The molecule has 9 heteroatoms. The first kappa shape index (κ1) is 24.7. The van der Waals surface area contributed by atoms with Gasteiger partial charge in [-0.2, -0.15) is 0 Å². The molecule has 3 rings (SSSR count). The number of alkyl halides is 1. The smallest absolute Gasteiger partial charge is 0.338 e. The van der Waals surface area contributed by atoms with Gasteiger partial charge in [0.05, 0.1) is 18.1 Å². The van der Waals surface area contributed by atoms with E-state index in [1.165, 1.54) is 4.90 Å². The number of amides is 1. The van der Waals surface area contributed by atoms with E-state index in [0.717, 1.165) is 0 Å². The van der Waals surface area contributed by atoms with Gasteiger partial charge in [-0.1, -0.05) is 11.6 Å². The van der Waals surface area contributed by atoms with Crippen LogP contribution in [0, 0.1) is 5.92 Å². The van der Waals surface area contributed by atoms with Crippen molar-refractivity contribution in [3.63, 3.8) is 0 Å². The maximum Gasteiger partial charge on any atom is 0.338 e. The number of ether oxygens (including phenoxy) is 2. The number of halogens is 2. The molecule has 2 aromatic carbocycles. The molecule has 1 aliphatic rings. The van der Waals surface area contributed by atoms with Gasteiger partial charge < -0.3 is 14.4 Å². The molecule has 0 bridgehead atoms. The Morgan fingerprint density at radius 1 is 1.06 bits per heavy atom. The molecule has 1 heterocycles. The van der Waals surface area contributed by atoms with E-state index in [9.17, 15) is 19.2 Å². The highest BCUT2D eigenvalue weighted by atomic mass is 35.5. The maximum absolute atomic E-state index is 12.8. The Morgan fingerprint density at radius 3 is 2.30 bits per heavy atom. The number of anilines is 1. The monoisotopic (exact) mass is 491 g/mol. The largest absolute Gasteiger partial charge is 0.462 e. The van der Waals surface area contributed by atoms with Gasteiger partial charge in [0, 0.05) is 41.5 Å². The fraction of sp³-hybridized carbons (Fsp3) is 0.333. The summed E-state index contributed by atoms with van der Waals surface area (Å²) in [5.74, 6) is -2.31. The molecule has 0 aromatic heterocycles. The van der Waals surface area contributed by atoms with Gasteiger partial charge in [-0.3, -0.25) is 14.4 Å². The second kappa shape index (κ2) is 11.3. The molecular formula is C24H23Cl2NO6. The third-order valence-corrected chi connectivity index (χ3v) is 5.67. The SMILES string of the molecule is CCOC(=O)c1ccc(N2C[C@H](C(=O)O[C@H](CCCl)C(=O)c3ccc(Cl)cc3)CC2=O)cc1. The van der Waals surface area contributed by atoms with E-state index in [4.69, 9.17) is 32.7 Å². The lowest BCUT2D eigenvalue weighted by molar-refractivity contribution is -0.151. The van der Waals surface area contributed by atoms with Crippen molar-refractivity contribution in [3.05, 3.63) is 64.7 Å². The molecule has 1 aliphatic heterocycles. The predicted octanol–water partition coefficient (Wildman–Crippen LogP) is 4.29. The first-order valence-corrected chi connectivity index (χ1v) is 11.4. The van der Waals surface area contributed by atoms with Gasteiger partial charge in [-0.05, 0) is 55.5 Å². The molecule has 2 aromatic rings. The highest BCUT2D eigenvalue weighted by Crippen LogP contribution is 2.27. The summed E-state index contributed by atoms with van der Waals surface area (Å²) in [6.45, 7) is 2.09. The van der Waals surface area contributed by atoms with E-state index in [0.29, 0.717) is 21.8 Å². The molecule has 0 aliphatic carbocycles. The van der Waals surface area contributed by atoms with Crippen LogP contribution in [0.15, 0.2) is 48.5 Å². The average Bonchev–Trinajstić information content (AvgIpc) is 3.21. The second-order valence-corrected chi connectivity index (χ2v) is 8.26. The number of hydrogen-bond acceptors (Lipinski definition) is 6. The zero-order valence-electron chi connectivity index (χ0n) is 18.0. The number of nitrogens with zero attached hydrogens (tertiary/aromatic N) is 1. The summed E-state index contributed by atoms with van der Waals surface area (Å²) in [5.41, 5.74) is 1.28. The van der Waals surface area contributed by atoms with E-state index < -0.39 is 24.0 Å². The number of rotatable bonds is 9. The maximum atomic E-state index is 12.8. The molecule has 33 heavy (non-hydrogen) atoms. The summed E-state index contributed by atoms with van der Waals surface area (Å²) in [7, 11) is 0. The van der Waals surface area contributed by atoms with Gasteiger partial charge in [0.25, 0.3) is 0 Å². The van der Waals surface area contributed by atoms with Crippen LogP contribution in [0.2, 0.25) is 5.02 Å². The Morgan fingerprint density at radius 2 is 1.70 bits per heavy atom. The summed E-state index contributed by atoms with van der Waals surface area (Å²) >= 11 is 11.7. The minimum atomic E-state index is -1.05. The van der Waals surface area contributed by atoms with Gasteiger partial charge in [-0.15, -0.1) is 11.6 Å². The Kier molecular flexibility index (Phi) is 8.47. The van der Waals surface area contributed by atoms with Crippen LogP contribution in [0.25, 0.3) is 0 Å². The fourth-order valence-corrected chi connectivity index (χ4v) is 3.81. The number of hydrogen-bond donors (Lipinski definition) is 0. The lowest BCUT2D eigenvalue weighted by atomic mass is 10.0. The number of carbonyl (C=O) groups is 4. The molecule has 0 saturated carbocycles. The normalized spacial score (nSPS) is 16.4. The minimum absolute atomic E-state index is 0.0405. The molecular weight excluding hydrogens is 469 g/mol. The van der Waals surface area contributed by atoms with Crippen LogP contribution in [0.5, 0.6) is 0 Å². The third-order valence-electron chi connectivity index (χ3n) is 5.20. The molecule has 1 saturated heterocycles. The van der Waals surface area contributed by atoms with Gasteiger partial charge in [0.2, 0.25) is 11.7 Å². The lowest BCUT2D eigenvalue weighted by Gasteiger charge is -2.19. The summed E-state index contributed by atoms with van der Waals surface area (Å²) < 4.78 is 10.4. The standard InChI is InChI=1S/C24H23Cl2NO6/c1-2-32-23(30)16-5-9-19(10-6-16)27-14-17(13-21(27)28)24(31)33-20(11-12-25)22(29)15-3-7-18(26)8-4-15/h3-10,17,20H,2,11-14H2,1H3/t17-,20-/m1/s1. The molecule has 1 amide bonds. The molecule has 0 unspecified atom stereocenters. The van der Waals surface area contributed by atoms with Crippen LogP contribution < -0.4 is 4.90 Å². The van der Waals surface area contributed by atoms with Gasteiger partial charge in [0.15, 0.2) is 6.10 Å². The van der Waals surface area contributed by atoms with Crippen LogP contribution in [-0.4, -0.2) is 48.8 Å². The third kappa shape index (κ3) is 6.12. The van der Waals surface area contributed by atoms with Crippen LogP contribution in [-0.2, 0) is 19.1 Å². The van der Waals surface area contributed by atoms with E-state index in [1.807, 2.05) is 0 Å². The Balaban J connectivity index is 1.66. The topological polar surface area (TPSA) is 90.0 Å². The van der Waals surface area contributed by atoms with Crippen molar-refractivity contribution in [2.24, 2.45) is 5.92 Å². The number of benzene rings is 2. The Hall–Kier alpha value is -2.90. The second-order valence-electron chi connectivity index (χ2n) is 7.45. The van der Waals surface area contributed by atoms with Crippen LogP contribution >= 0.6 is 23.2 Å². The van der Waals surface area contributed by atoms with Gasteiger partial charge in [0.1, 0.15) is 0 Å². The molecule has 1 fully saturated rings. The summed E-state index contributed by atoms with van der Waals surface area (Å²) in [5, 5.41) is 0.484. The van der Waals surface area contributed by atoms with Crippen molar-refractivity contribution in [3.8, 4) is 0 Å². The summed E-state index contributed by atoms with van der Waals surface area (Å²) in [6, 6.07) is 12.6. The predicted molar refractivity (Wildman–Crippen MR) is 124 cm³/mol. The molecule has 174 valence electrons. The van der Waals surface area contributed by atoms with E-state index in [1.54, 1.807) is 55.5 Å². The lowest BCUT2D eigenvalue weighted by Crippen LogP contribution is -2.32. The first-order valence-electron chi connectivity index (χ1n) is 10.5. The van der Waals surface area contributed by atoms with Crippen molar-refractivity contribution >= 4 is 52.5 Å². The number of esters is 2. The van der Waals surface area contributed by atoms with Crippen molar-refractivity contribution < 1.29 is 28.7 Å². The summed E-state index contributed by atoms with van der Waals surface area (Å²) in [6.07, 6.45) is -0.945. The quantitative estimate of drug-likeness (QED) is 0.295. The number of carbonyl (C=O) groups excluding carboxylic acids is 4. The van der Waals surface area contributed by atoms with E-state index >= 15 is 0 Å². The fourth-order valence-electron chi connectivity index (χ4n) is 3.49. The zero-order chi connectivity index (χ0) is 24.0.